The van der Waals surface area contributed by atoms with E-state index in [2.05, 4.69) is 15.4 Å². The summed E-state index contributed by atoms with van der Waals surface area (Å²) in [5, 5.41) is 4.96. The van der Waals surface area contributed by atoms with Gasteiger partial charge in [0, 0.05) is 13.0 Å². The van der Waals surface area contributed by atoms with Gasteiger partial charge >= 0.3 is 6.61 Å². The Morgan fingerprint density at radius 2 is 2.05 bits per heavy atom. The monoisotopic (exact) mass is 306 g/mol. The number of benzene rings is 1. The standard InChI is InChI=1S/C13H14F4N2O2/c14-12(15)21-9-3-1-8(2-4-9)6-18-11(20)10-5-13(16,17)7-19-10/h1-4,10,12,19H,5-7H2,(H,18,20). The maximum absolute atomic E-state index is 12.9. The first-order valence-electron chi connectivity index (χ1n) is 6.28. The molecule has 1 aliphatic heterocycles. The van der Waals surface area contributed by atoms with Gasteiger partial charge in [0.2, 0.25) is 5.91 Å². The van der Waals surface area contributed by atoms with Gasteiger partial charge in [-0.3, -0.25) is 10.1 Å². The van der Waals surface area contributed by atoms with E-state index in [9.17, 15) is 22.4 Å². The second-order valence-electron chi connectivity index (χ2n) is 4.73. The van der Waals surface area contributed by atoms with Gasteiger partial charge in [-0.2, -0.15) is 8.78 Å². The number of rotatable bonds is 5. The van der Waals surface area contributed by atoms with Gasteiger partial charge in [0.25, 0.3) is 5.92 Å². The summed E-state index contributed by atoms with van der Waals surface area (Å²) in [5.41, 5.74) is 0.648. The molecule has 0 saturated carbocycles. The van der Waals surface area contributed by atoms with Crippen molar-refractivity contribution in [2.45, 2.75) is 31.5 Å². The van der Waals surface area contributed by atoms with Crippen LogP contribution in [0.5, 0.6) is 5.75 Å². The van der Waals surface area contributed by atoms with Crippen molar-refractivity contribution in [3.63, 3.8) is 0 Å². The second kappa shape index (κ2) is 6.30. The normalized spacial score (nSPS) is 20.5. The quantitative estimate of drug-likeness (QED) is 0.817. The molecule has 116 valence electrons. The van der Waals surface area contributed by atoms with E-state index < -0.39 is 37.4 Å². The molecule has 1 heterocycles. The van der Waals surface area contributed by atoms with Gasteiger partial charge in [-0.25, -0.2) is 8.78 Å². The Morgan fingerprint density at radius 3 is 2.57 bits per heavy atom. The zero-order valence-corrected chi connectivity index (χ0v) is 10.9. The fourth-order valence-corrected chi connectivity index (χ4v) is 2.00. The van der Waals surface area contributed by atoms with Crippen molar-refractivity contribution in [2.75, 3.05) is 6.54 Å². The summed E-state index contributed by atoms with van der Waals surface area (Å²) in [7, 11) is 0. The Hall–Kier alpha value is -1.83. The van der Waals surface area contributed by atoms with Crippen molar-refractivity contribution in [1.82, 2.24) is 10.6 Å². The number of alkyl halides is 4. The van der Waals surface area contributed by atoms with Crippen LogP contribution in [0.1, 0.15) is 12.0 Å². The van der Waals surface area contributed by atoms with Crippen LogP contribution in [0.4, 0.5) is 17.6 Å². The zero-order chi connectivity index (χ0) is 15.5. The van der Waals surface area contributed by atoms with E-state index >= 15 is 0 Å². The van der Waals surface area contributed by atoms with Crippen LogP contribution in [0.2, 0.25) is 0 Å². The first-order chi connectivity index (χ1) is 9.85. The summed E-state index contributed by atoms with van der Waals surface area (Å²) in [6, 6.07) is 4.79. The van der Waals surface area contributed by atoms with Gasteiger partial charge in [0.05, 0.1) is 12.6 Å². The molecular weight excluding hydrogens is 292 g/mol. The van der Waals surface area contributed by atoms with Crippen LogP contribution in [0.15, 0.2) is 24.3 Å². The third kappa shape index (κ3) is 4.59. The summed E-state index contributed by atoms with van der Waals surface area (Å²) in [5.74, 6) is -3.37. The average Bonchev–Trinajstić information content (AvgIpc) is 2.77. The fourth-order valence-electron chi connectivity index (χ4n) is 2.00. The molecule has 0 aliphatic carbocycles. The van der Waals surface area contributed by atoms with E-state index in [1.165, 1.54) is 24.3 Å². The van der Waals surface area contributed by atoms with Crippen molar-refractivity contribution in [2.24, 2.45) is 0 Å². The van der Waals surface area contributed by atoms with Gasteiger partial charge in [-0.1, -0.05) is 12.1 Å². The Kier molecular flexibility index (Phi) is 4.66. The van der Waals surface area contributed by atoms with Crippen LogP contribution in [0.25, 0.3) is 0 Å². The van der Waals surface area contributed by atoms with Gasteiger partial charge < -0.3 is 10.1 Å². The second-order valence-corrected chi connectivity index (χ2v) is 4.73. The minimum atomic E-state index is -2.90. The lowest BCUT2D eigenvalue weighted by atomic mass is 10.1. The molecule has 21 heavy (non-hydrogen) atoms. The third-order valence-corrected chi connectivity index (χ3v) is 3.04. The summed E-state index contributed by atoms with van der Waals surface area (Å²) < 4.78 is 54.0. The van der Waals surface area contributed by atoms with Crippen molar-refractivity contribution >= 4 is 5.91 Å². The predicted octanol–water partition coefficient (Wildman–Crippen LogP) is 1.90. The lowest BCUT2D eigenvalue weighted by Gasteiger charge is -2.11. The number of carbonyl (C=O) groups is 1. The van der Waals surface area contributed by atoms with E-state index in [1.54, 1.807) is 0 Å². The highest BCUT2D eigenvalue weighted by atomic mass is 19.3. The molecule has 4 nitrogen and oxygen atoms in total. The van der Waals surface area contributed by atoms with Crippen molar-refractivity contribution < 1.29 is 27.1 Å². The first kappa shape index (κ1) is 15.6. The highest BCUT2D eigenvalue weighted by molar-refractivity contribution is 5.82. The molecule has 2 rings (SSSR count). The van der Waals surface area contributed by atoms with Crippen molar-refractivity contribution in [3.05, 3.63) is 29.8 Å². The molecule has 0 spiro atoms. The van der Waals surface area contributed by atoms with Gasteiger partial charge in [-0.15, -0.1) is 0 Å². The molecular formula is C13H14F4N2O2. The Balaban J connectivity index is 1.81. The highest BCUT2D eigenvalue weighted by Crippen LogP contribution is 2.25. The largest absolute Gasteiger partial charge is 0.435 e. The highest BCUT2D eigenvalue weighted by Gasteiger charge is 2.42. The maximum atomic E-state index is 12.9. The first-order valence-corrected chi connectivity index (χ1v) is 6.28. The SMILES string of the molecule is O=C(NCc1ccc(OC(F)F)cc1)C1CC(F)(F)CN1. The number of halogens is 4. The molecule has 1 amide bonds. The van der Waals surface area contributed by atoms with Crippen LogP contribution in [0, 0.1) is 0 Å². The number of nitrogens with one attached hydrogen (secondary N) is 2. The molecule has 1 unspecified atom stereocenters. The Bertz CT molecular complexity index is 493. The average molecular weight is 306 g/mol. The minimum Gasteiger partial charge on any atom is -0.435 e. The topological polar surface area (TPSA) is 50.4 Å². The molecule has 1 aromatic carbocycles. The van der Waals surface area contributed by atoms with Crippen LogP contribution < -0.4 is 15.4 Å². The minimum absolute atomic E-state index is 0.0113. The molecule has 2 N–H and O–H groups in total. The lowest BCUT2D eigenvalue weighted by molar-refractivity contribution is -0.123. The molecule has 1 aromatic rings. The molecule has 1 aliphatic rings. The molecule has 8 heteroatoms. The number of hydrogen-bond donors (Lipinski definition) is 2. The number of hydrogen-bond acceptors (Lipinski definition) is 3. The van der Waals surface area contributed by atoms with Gasteiger partial charge in [-0.05, 0) is 17.7 Å². The fraction of sp³-hybridized carbons (Fsp3) is 0.462. The van der Waals surface area contributed by atoms with Crippen molar-refractivity contribution in [1.29, 1.82) is 0 Å². The lowest BCUT2D eigenvalue weighted by Crippen LogP contribution is -2.40. The van der Waals surface area contributed by atoms with Crippen LogP contribution in [-0.2, 0) is 11.3 Å². The summed E-state index contributed by atoms with van der Waals surface area (Å²) in [6.45, 7) is -3.28. The van der Waals surface area contributed by atoms with Crippen LogP contribution in [0.3, 0.4) is 0 Å². The zero-order valence-electron chi connectivity index (χ0n) is 10.9. The third-order valence-electron chi connectivity index (χ3n) is 3.04. The smallest absolute Gasteiger partial charge is 0.387 e. The summed E-state index contributed by atoms with van der Waals surface area (Å²) in [4.78, 5) is 11.7. The van der Waals surface area contributed by atoms with Crippen LogP contribution >= 0.6 is 0 Å². The van der Waals surface area contributed by atoms with E-state index in [1.807, 2.05) is 0 Å². The molecule has 1 saturated heterocycles. The number of amides is 1. The molecule has 1 atom stereocenters. The maximum Gasteiger partial charge on any atom is 0.387 e. The summed E-state index contributed by atoms with van der Waals surface area (Å²) >= 11 is 0. The van der Waals surface area contributed by atoms with Crippen molar-refractivity contribution in [3.8, 4) is 5.75 Å². The van der Waals surface area contributed by atoms with Crippen LogP contribution in [-0.4, -0.2) is 31.0 Å². The van der Waals surface area contributed by atoms with E-state index in [4.69, 9.17) is 0 Å². The Morgan fingerprint density at radius 1 is 1.38 bits per heavy atom. The molecule has 1 fully saturated rings. The van der Waals surface area contributed by atoms with Gasteiger partial charge in [0.1, 0.15) is 5.75 Å². The van der Waals surface area contributed by atoms with E-state index in [-0.39, 0.29) is 12.3 Å². The summed E-state index contributed by atoms with van der Waals surface area (Å²) in [6.07, 6.45) is -0.528. The van der Waals surface area contributed by atoms with E-state index in [0.717, 1.165) is 0 Å². The Labute approximate surface area is 118 Å². The number of ether oxygens (including phenoxy) is 1. The molecule has 0 bridgehead atoms. The number of carbonyl (C=O) groups excluding carboxylic acids is 1. The molecule has 0 aromatic heterocycles. The molecule has 0 radical (unpaired) electrons. The van der Waals surface area contributed by atoms with E-state index in [0.29, 0.717) is 5.56 Å². The van der Waals surface area contributed by atoms with Gasteiger partial charge in [0.15, 0.2) is 0 Å². The predicted molar refractivity (Wildman–Crippen MR) is 66.3 cm³/mol.